The first-order valence-electron chi connectivity index (χ1n) is 10.6. The number of pyridine rings is 2. The van der Waals surface area contributed by atoms with Gasteiger partial charge in [0.2, 0.25) is 0 Å². The van der Waals surface area contributed by atoms with Crippen molar-refractivity contribution in [2.24, 2.45) is 0 Å². The molecule has 2 aromatic rings. The Morgan fingerprint density at radius 2 is 0.943 bits per heavy atom. The molecule has 0 N–H and O–H groups in total. The molecule has 0 unspecified atom stereocenters. The summed E-state index contributed by atoms with van der Waals surface area (Å²) in [6.07, 6.45) is 8.83. The third kappa shape index (κ3) is 2.62. The minimum Gasteiger partial charge on any atom is -0.265 e. The van der Waals surface area contributed by atoms with Crippen molar-refractivity contribution in [3.05, 3.63) is 94.6 Å². The Hall–Kier alpha value is -2.46. The lowest BCUT2D eigenvalue weighted by Gasteiger charge is -2.47. The van der Waals surface area contributed by atoms with Crippen molar-refractivity contribution in [2.75, 3.05) is 0 Å². The van der Waals surface area contributed by atoms with Crippen LogP contribution in [-0.2, 0) is 0 Å². The van der Waals surface area contributed by atoms with E-state index < -0.39 is 38.4 Å². The number of aromatic nitrogens is 2. The van der Waals surface area contributed by atoms with Gasteiger partial charge in [0.1, 0.15) is 0 Å². The molecule has 0 spiro atoms. The zero-order chi connectivity index (χ0) is 25.0. The first-order chi connectivity index (χ1) is 16.4. The molecule has 1 saturated carbocycles. The number of allylic oxidation sites excluding steroid dienone is 4. The second kappa shape index (κ2) is 6.85. The number of hydrogen-bond acceptors (Lipinski definition) is 4. The van der Waals surface area contributed by atoms with Crippen molar-refractivity contribution in [3.8, 4) is 0 Å². The third-order valence-electron chi connectivity index (χ3n) is 7.25. The van der Waals surface area contributed by atoms with E-state index in [1.54, 1.807) is 38.1 Å². The Bertz CT molecular complexity index is 1290. The van der Waals surface area contributed by atoms with E-state index in [2.05, 4.69) is 9.97 Å². The van der Waals surface area contributed by atoms with Crippen LogP contribution in [0, 0.1) is 0 Å². The molecule has 10 heteroatoms. The molecule has 2 nitrogen and oxygen atoms in total. The van der Waals surface area contributed by atoms with Crippen LogP contribution in [0.5, 0.6) is 0 Å². The van der Waals surface area contributed by atoms with Crippen LogP contribution < -0.4 is 0 Å². The molecular weight excluding hydrogens is 506 g/mol. The third-order valence-corrected chi connectivity index (χ3v) is 10.6. The highest BCUT2D eigenvalue weighted by Gasteiger charge is 2.84. The Kier molecular flexibility index (Phi) is 4.49. The molecule has 0 radical (unpaired) electrons. The molecule has 0 aromatic carbocycles. The van der Waals surface area contributed by atoms with Gasteiger partial charge in [-0.3, -0.25) is 9.97 Å². The Morgan fingerprint density at radius 3 is 1.29 bits per heavy atom. The van der Waals surface area contributed by atoms with Gasteiger partial charge < -0.3 is 0 Å². The molecule has 180 valence electrons. The Labute approximate surface area is 205 Å². The molecule has 2 atom stereocenters. The Balaban J connectivity index is 1.68. The topological polar surface area (TPSA) is 25.8 Å². The molecule has 2 aliphatic heterocycles. The maximum atomic E-state index is 15.3. The van der Waals surface area contributed by atoms with Crippen molar-refractivity contribution in [3.63, 3.8) is 0 Å². The van der Waals surface area contributed by atoms with E-state index in [0.29, 0.717) is 20.9 Å². The van der Waals surface area contributed by atoms with Crippen LogP contribution in [0.4, 0.5) is 26.3 Å². The summed E-state index contributed by atoms with van der Waals surface area (Å²) in [5, 5.41) is 0. The molecule has 1 fully saturated rings. The highest BCUT2D eigenvalue weighted by atomic mass is 32.2. The number of halogens is 6. The molecule has 0 amide bonds. The lowest BCUT2D eigenvalue weighted by atomic mass is 9.71. The van der Waals surface area contributed by atoms with Crippen molar-refractivity contribution < 1.29 is 26.3 Å². The van der Waals surface area contributed by atoms with E-state index >= 15 is 17.6 Å². The summed E-state index contributed by atoms with van der Waals surface area (Å²) in [7, 11) is 0. The van der Waals surface area contributed by atoms with Gasteiger partial charge in [-0.1, -0.05) is 0 Å². The standard InChI is InChI=1S/C25H16F6N2S2/c1-21-15(11-17(34-21)13-3-7-32-8-4-13)19-20(24(28,29)25(30,31)23(19,26)27)16-12-18(35-22(16,21)2)14-5-9-33-10-6-14/h3-12H,1-2H3/t21-,22-/m0/s1. The molecule has 2 aromatic heterocycles. The van der Waals surface area contributed by atoms with Crippen LogP contribution in [0.2, 0.25) is 0 Å². The Morgan fingerprint density at radius 1 is 0.600 bits per heavy atom. The van der Waals surface area contributed by atoms with Crippen molar-refractivity contribution >= 4 is 33.3 Å². The van der Waals surface area contributed by atoms with E-state index in [1.807, 2.05) is 0 Å². The number of alkyl halides is 6. The monoisotopic (exact) mass is 522 g/mol. The number of nitrogens with zero attached hydrogens (tertiary/aromatic N) is 2. The van der Waals surface area contributed by atoms with Crippen LogP contribution >= 0.6 is 23.5 Å². The average Bonchev–Trinajstić information content (AvgIpc) is 3.40. The zero-order valence-corrected chi connectivity index (χ0v) is 19.9. The van der Waals surface area contributed by atoms with Crippen LogP contribution in [0.1, 0.15) is 25.0 Å². The number of thioether (sulfide) groups is 2. The molecule has 2 aliphatic carbocycles. The molecule has 0 saturated heterocycles. The van der Waals surface area contributed by atoms with Crippen molar-refractivity contribution in [1.82, 2.24) is 9.97 Å². The largest absolute Gasteiger partial charge is 0.380 e. The smallest absolute Gasteiger partial charge is 0.265 e. The second-order valence-corrected chi connectivity index (χ2v) is 12.0. The number of hydrogen-bond donors (Lipinski definition) is 0. The van der Waals surface area contributed by atoms with Gasteiger partial charge in [0.05, 0.1) is 9.49 Å². The lowest BCUT2D eigenvalue weighted by molar-refractivity contribution is -0.258. The molecule has 4 aliphatic rings. The molecule has 4 heterocycles. The van der Waals surface area contributed by atoms with Gasteiger partial charge in [0.15, 0.2) is 0 Å². The molecule has 6 rings (SSSR count). The van der Waals surface area contributed by atoms with Crippen LogP contribution in [0.25, 0.3) is 9.81 Å². The van der Waals surface area contributed by atoms with Crippen LogP contribution in [0.3, 0.4) is 0 Å². The van der Waals surface area contributed by atoms with E-state index in [-0.39, 0.29) is 11.1 Å². The summed E-state index contributed by atoms with van der Waals surface area (Å²) in [4.78, 5) is 8.98. The SMILES string of the molecule is C[C@]12SC(c3ccncc3)=CC1=C1C(=C3C=C(c4ccncc4)S[C@@]32C)C(F)(F)C(F)(F)C1(F)F. The summed E-state index contributed by atoms with van der Waals surface area (Å²) in [5.41, 5.74) is -1.60. The second-order valence-electron chi connectivity index (χ2n) is 9.06. The molecular formula is C25H16F6N2S2. The number of fused-ring (bicyclic) bond motifs is 4. The van der Waals surface area contributed by atoms with Gasteiger partial charge in [0.25, 0.3) is 0 Å². The average molecular weight is 523 g/mol. The van der Waals surface area contributed by atoms with Crippen LogP contribution in [0.15, 0.2) is 83.5 Å². The number of rotatable bonds is 2. The zero-order valence-electron chi connectivity index (χ0n) is 18.3. The summed E-state index contributed by atoms with van der Waals surface area (Å²) in [5.74, 6) is -15.6. The summed E-state index contributed by atoms with van der Waals surface area (Å²) in [6.45, 7) is 3.34. The predicted molar refractivity (Wildman–Crippen MR) is 125 cm³/mol. The van der Waals surface area contributed by atoms with E-state index in [0.717, 1.165) is 0 Å². The first-order valence-corrected chi connectivity index (χ1v) is 12.3. The van der Waals surface area contributed by atoms with Gasteiger partial charge in [0, 0.05) is 45.7 Å². The quantitative estimate of drug-likeness (QED) is 0.384. The molecule has 0 bridgehead atoms. The van der Waals surface area contributed by atoms with Crippen molar-refractivity contribution in [2.45, 2.75) is 41.1 Å². The highest BCUT2D eigenvalue weighted by molar-refractivity contribution is 8.14. The molecule has 35 heavy (non-hydrogen) atoms. The maximum Gasteiger partial charge on any atom is 0.380 e. The van der Waals surface area contributed by atoms with Gasteiger partial charge in [-0.2, -0.15) is 26.3 Å². The first kappa shape index (κ1) is 23.0. The van der Waals surface area contributed by atoms with Gasteiger partial charge in [-0.05, 0) is 72.5 Å². The summed E-state index contributed by atoms with van der Waals surface area (Å²) < 4.78 is 88.2. The fourth-order valence-electron chi connectivity index (χ4n) is 5.23. The van der Waals surface area contributed by atoms with E-state index in [9.17, 15) is 8.78 Å². The minimum atomic E-state index is -5.56. The minimum absolute atomic E-state index is 0.186. The van der Waals surface area contributed by atoms with Crippen molar-refractivity contribution in [1.29, 1.82) is 0 Å². The highest BCUT2D eigenvalue weighted by Crippen LogP contribution is 2.75. The fourth-order valence-corrected chi connectivity index (χ4v) is 8.37. The lowest BCUT2D eigenvalue weighted by Crippen LogP contribution is -2.48. The fraction of sp³-hybridized carbons (Fsp3) is 0.280. The van der Waals surface area contributed by atoms with E-state index in [1.165, 1.54) is 60.5 Å². The summed E-state index contributed by atoms with van der Waals surface area (Å²) in [6, 6.07) is 6.67. The summed E-state index contributed by atoms with van der Waals surface area (Å²) >= 11 is 2.45. The maximum absolute atomic E-state index is 15.3. The van der Waals surface area contributed by atoms with Gasteiger partial charge in [-0.25, -0.2) is 0 Å². The van der Waals surface area contributed by atoms with Gasteiger partial charge >= 0.3 is 17.8 Å². The predicted octanol–water partition coefficient (Wildman–Crippen LogP) is 7.40. The van der Waals surface area contributed by atoms with E-state index in [4.69, 9.17) is 0 Å². The normalized spacial score (nSPS) is 31.7. The van der Waals surface area contributed by atoms with Crippen LogP contribution in [-0.4, -0.2) is 37.2 Å². The van der Waals surface area contributed by atoms with Gasteiger partial charge in [-0.15, -0.1) is 23.5 Å².